The molecule has 0 spiro atoms. The average molecular weight is 130 g/mol. The second-order valence-electron chi connectivity index (χ2n) is 2.01. The first-order chi connectivity index (χ1) is 4.31. The molecule has 1 atom stereocenters. The van der Waals surface area contributed by atoms with E-state index >= 15 is 0 Å². The van der Waals surface area contributed by atoms with Crippen LogP contribution >= 0.6 is 0 Å². The minimum absolute atomic E-state index is 0.132. The highest BCUT2D eigenvalue weighted by Gasteiger charge is 1.97. The highest BCUT2D eigenvalue weighted by Crippen LogP contribution is 1.91. The Morgan fingerprint density at radius 3 is 2.78 bits per heavy atom. The van der Waals surface area contributed by atoms with Gasteiger partial charge in [0.15, 0.2) is 0 Å². The molecular formula is C7H14O2. The molecule has 0 aromatic carbocycles. The van der Waals surface area contributed by atoms with Crippen LogP contribution < -0.4 is 0 Å². The smallest absolute Gasteiger partial charge is 0.108 e. The van der Waals surface area contributed by atoms with Gasteiger partial charge in [-0.25, -0.2) is 5.11 Å². The molecule has 0 aliphatic carbocycles. The lowest BCUT2D eigenvalue weighted by molar-refractivity contribution is 0.0110. The molecule has 0 aliphatic heterocycles. The fraction of sp³-hybridized carbons (Fsp3) is 0.857. The van der Waals surface area contributed by atoms with Crippen molar-refractivity contribution in [1.82, 2.24) is 0 Å². The molecule has 2 radical (unpaired) electrons. The second kappa shape index (κ2) is 6.05. The molecule has 0 rings (SSSR count). The molecule has 0 aromatic rings. The van der Waals surface area contributed by atoms with Crippen LogP contribution in [0.25, 0.3) is 0 Å². The van der Waals surface area contributed by atoms with Crippen molar-refractivity contribution in [1.29, 1.82) is 0 Å². The van der Waals surface area contributed by atoms with Gasteiger partial charge in [0.25, 0.3) is 0 Å². The third-order valence-corrected chi connectivity index (χ3v) is 1.02. The minimum atomic E-state index is -0.141. The summed E-state index contributed by atoms with van der Waals surface area (Å²) in [4.78, 5) is 0. The van der Waals surface area contributed by atoms with E-state index in [9.17, 15) is 5.11 Å². The zero-order valence-corrected chi connectivity index (χ0v) is 6.09. The quantitative estimate of drug-likeness (QED) is 0.518. The molecule has 2 nitrogen and oxygen atoms in total. The average Bonchev–Trinajstić information content (AvgIpc) is 1.89. The maximum atomic E-state index is 10.1. The summed E-state index contributed by atoms with van der Waals surface area (Å²) in [5.41, 5.74) is 0. The van der Waals surface area contributed by atoms with Crippen LogP contribution in [-0.2, 0) is 9.84 Å². The zero-order chi connectivity index (χ0) is 7.11. The molecule has 1 unspecified atom stereocenters. The van der Waals surface area contributed by atoms with Crippen molar-refractivity contribution in [2.45, 2.75) is 26.4 Å². The summed E-state index contributed by atoms with van der Waals surface area (Å²) in [7, 11) is 0. The predicted molar refractivity (Wildman–Crippen MR) is 35.6 cm³/mol. The van der Waals surface area contributed by atoms with Crippen molar-refractivity contribution >= 4 is 0 Å². The van der Waals surface area contributed by atoms with E-state index in [0.29, 0.717) is 6.61 Å². The van der Waals surface area contributed by atoms with Crippen LogP contribution in [0.15, 0.2) is 0 Å². The summed E-state index contributed by atoms with van der Waals surface area (Å²) in [6.07, 6.45) is 2.88. The lowest BCUT2D eigenvalue weighted by Crippen LogP contribution is -2.12. The van der Waals surface area contributed by atoms with Gasteiger partial charge in [-0.05, 0) is 13.3 Å². The summed E-state index contributed by atoms with van der Waals surface area (Å²) in [5.74, 6) is 0. The van der Waals surface area contributed by atoms with Crippen LogP contribution in [0.5, 0.6) is 0 Å². The number of hydrogen-bond donors (Lipinski definition) is 0. The lowest BCUT2D eigenvalue weighted by Gasteiger charge is -2.06. The third-order valence-electron chi connectivity index (χ3n) is 1.02. The molecule has 0 fully saturated rings. The fourth-order valence-electron chi connectivity index (χ4n) is 0.398. The van der Waals surface area contributed by atoms with Crippen LogP contribution in [0, 0.1) is 6.42 Å². The summed E-state index contributed by atoms with van der Waals surface area (Å²) in [5, 5.41) is 10.1. The van der Waals surface area contributed by atoms with Crippen molar-refractivity contribution in [2.24, 2.45) is 0 Å². The Morgan fingerprint density at radius 1 is 1.67 bits per heavy atom. The minimum Gasteiger partial charge on any atom is -0.376 e. The number of rotatable bonds is 5. The highest BCUT2D eigenvalue weighted by molar-refractivity contribution is 4.59. The Kier molecular flexibility index (Phi) is 5.99. The van der Waals surface area contributed by atoms with Gasteiger partial charge >= 0.3 is 0 Å². The molecule has 0 aliphatic rings. The maximum Gasteiger partial charge on any atom is 0.108 e. The van der Waals surface area contributed by atoms with E-state index in [0.717, 1.165) is 6.42 Å². The first kappa shape index (κ1) is 8.92. The van der Waals surface area contributed by atoms with E-state index in [-0.39, 0.29) is 12.7 Å². The standard InChI is InChI=1S/C7H14O2/c1-3-4-5-9-7(2)6-8/h4,7H,3,5-6H2,1-2H3. The van der Waals surface area contributed by atoms with Gasteiger partial charge in [0.05, 0.1) is 12.7 Å². The van der Waals surface area contributed by atoms with Gasteiger partial charge in [-0.1, -0.05) is 13.3 Å². The third kappa shape index (κ3) is 5.80. The Labute approximate surface area is 56.8 Å². The van der Waals surface area contributed by atoms with Gasteiger partial charge in [-0.3, -0.25) is 0 Å². The van der Waals surface area contributed by atoms with Crippen LogP contribution in [-0.4, -0.2) is 19.3 Å². The number of unbranched alkanes of at least 4 members (excludes halogenated alkanes) is 1. The number of hydrogen-bond acceptors (Lipinski definition) is 1. The largest absolute Gasteiger partial charge is 0.376 e. The Bertz CT molecular complexity index is 54.9. The van der Waals surface area contributed by atoms with E-state index in [1.165, 1.54) is 0 Å². The monoisotopic (exact) mass is 130 g/mol. The Morgan fingerprint density at radius 2 is 2.33 bits per heavy atom. The molecule has 9 heavy (non-hydrogen) atoms. The van der Waals surface area contributed by atoms with Crippen molar-refractivity contribution < 1.29 is 9.84 Å². The molecular weight excluding hydrogens is 116 g/mol. The molecule has 2 heteroatoms. The summed E-state index contributed by atoms with van der Waals surface area (Å²) in [6.45, 7) is 4.30. The number of ether oxygens (including phenoxy) is 1. The summed E-state index contributed by atoms with van der Waals surface area (Å²) in [6, 6.07) is 0. The molecule has 0 N–H and O–H groups in total. The van der Waals surface area contributed by atoms with Gasteiger partial charge in [0.1, 0.15) is 6.61 Å². The van der Waals surface area contributed by atoms with Gasteiger partial charge in [0.2, 0.25) is 0 Å². The van der Waals surface area contributed by atoms with Crippen molar-refractivity contribution in [3.05, 3.63) is 6.42 Å². The van der Waals surface area contributed by atoms with Crippen molar-refractivity contribution in [3.63, 3.8) is 0 Å². The van der Waals surface area contributed by atoms with Crippen LogP contribution in [0.2, 0.25) is 0 Å². The van der Waals surface area contributed by atoms with E-state index in [1.54, 1.807) is 6.92 Å². The lowest BCUT2D eigenvalue weighted by atomic mass is 10.3. The molecule has 0 saturated carbocycles. The van der Waals surface area contributed by atoms with E-state index in [2.05, 4.69) is 0 Å². The van der Waals surface area contributed by atoms with Crippen LogP contribution in [0.1, 0.15) is 20.3 Å². The first-order valence-electron chi connectivity index (χ1n) is 3.32. The Balaban J connectivity index is 2.88. The van der Waals surface area contributed by atoms with Crippen LogP contribution in [0.3, 0.4) is 0 Å². The summed E-state index contributed by atoms with van der Waals surface area (Å²) >= 11 is 0. The van der Waals surface area contributed by atoms with Crippen molar-refractivity contribution in [3.8, 4) is 0 Å². The van der Waals surface area contributed by atoms with E-state index in [1.807, 2.05) is 13.3 Å². The highest BCUT2D eigenvalue weighted by atomic mass is 16.5. The second-order valence-corrected chi connectivity index (χ2v) is 2.01. The molecule has 0 amide bonds. The Hall–Kier alpha value is -0.0800. The molecule has 0 aromatic heterocycles. The van der Waals surface area contributed by atoms with Gasteiger partial charge < -0.3 is 4.74 Å². The van der Waals surface area contributed by atoms with Gasteiger partial charge in [-0.2, -0.15) is 0 Å². The zero-order valence-electron chi connectivity index (χ0n) is 6.09. The van der Waals surface area contributed by atoms with E-state index in [4.69, 9.17) is 4.74 Å². The van der Waals surface area contributed by atoms with Crippen molar-refractivity contribution in [2.75, 3.05) is 13.2 Å². The fourth-order valence-corrected chi connectivity index (χ4v) is 0.398. The van der Waals surface area contributed by atoms with Crippen LogP contribution in [0.4, 0.5) is 0 Å². The van der Waals surface area contributed by atoms with Gasteiger partial charge in [-0.15, -0.1) is 0 Å². The molecule has 0 saturated heterocycles. The molecule has 54 valence electrons. The van der Waals surface area contributed by atoms with Gasteiger partial charge in [0, 0.05) is 0 Å². The first-order valence-corrected chi connectivity index (χ1v) is 3.32. The SMILES string of the molecule is CC[CH]COC(C)C[O]. The molecule has 0 bridgehead atoms. The topological polar surface area (TPSA) is 29.1 Å². The molecule has 0 heterocycles. The predicted octanol–water partition coefficient (Wildman–Crippen LogP) is 1.44. The van der Waals surface area contributed by atoms with E-state index < -0.39 is 0 Å². The normalized spacial score (nSPS) is 13.7. The maximum absolute atomic E-state index is 10.1. The summed E-state index contributed by atoms with van der Waals surface area (Å²) < 4.78 is 5.06.